The van der Waals surface area contributed by atoms with Crippen LogP contribution in [-0.2, 0) is 4.79 Å². The number of rotatable bonds is 5. The van der Waals surface area contributed by atoms with E-state index in [-0.39, 0.29) is 12.2 Å². The van der Waals surface area contributed by atoms with Crippen molar-refractivity contribution < 1.29 is 14.3 Å². The summed E-state index contributed by atoms with van der Waals surface area (Å²) in [6.45, 7) is 0. The molecule has 2 aromatic rings. The number of ether oxygens (including phenoxy) is 1. The van der Waals surface area contributed by atoms with Crippen LogP contribution in [0.15, 0.2) is 48.5 Å². The fourth-order valence-corrected chi connectivity index (χ4v) is 1.90. The minimum atomic E-state index is -0.396. The number of nitrogen functional groups attached to an aromatic ring is 1. The normalized spacial score (nSPS) is 9.95. The predicted octanol–water partition coefficient (Wildman–Crippen LogP) is 2.49. The van der Waals surface area contributed by atoms with Crippen molar-refractivity contribution in [2.75, 3.05) is 18.2 Å². The number of benzene rings is 2. The summed E-state index contributed by atoms with van der Waals surface area (Å²) < 4.78 is 5.14. The van der Waals surface area contributed by atoms with E-state index in [2.05, 4.69) is 5.32 Å². The molecule has 2 rings (SSSR count). The maximum absolute atomic E-state index is 12.0. The van der Waals surface area contributed by atoms with Gasteiger partial charge in [0.15, 0.2) is 5.78 Å². The fourth-order valence-electron chi connectivity index (χ4n) is 1.90. The van der Waals surface area contributed by atoms with E-state index in [9.17, 15) is 9.59 Å². The van der Waals surface area contributed by atoms with Crippen LogP contribution in [0.3, 0.4) is 0 Å². The molecule has 108 valence electrons. The van der Waals surface area contributed by atoms with Crippen LogP contribution in [0.5, 0.6) is 5.75 Å². The quantitative estimate of drug-likeness (QED) is 0.502. The topological polar surface area (TPSA) is 81.4 Å². The summed E-state index contributed by atoms with van der Waals surface area (Å²) >= 11 is 0. The maximum atomic E-state index is 12.0. The molecule has 0 spiro atoms. The van der Waals surface area contributed by atoms with E-state index in [4.69, 9.17) is 10.5 Å². The first-order valence-corrected chi connectivity index (χ1v) is 6.42. The summed E-state index contributed by atoms with van der Waals surface area (Å²) in [4.78, 5) is 23.9. The highest BCUT2D eigenvalue weighted by Gasteiger charge is 2.13. The summed E-state index contributed by atoms with van der Waals surface area (Å²) in [7, 11) is 1.52. The molecule has 0 unspecified atom stereocenters. The average molecular weight is 284 g/mol. The van der Waals surface area contributed by atoms with Crippen LogP contribution in [0.25, 0.3) is 0 Å². The van der Waals surface area contributed by atoms with Crippen LogP contribution in [-0.4, -0.2) is 18.8 Å². The molecule has 0 aromatic heterocycles. The number of hydrogen-bond acceptors (Lipinski definition) is 4. The van der Waals surface area contributed by atoms with E-state index >= 15 is 0 Å². The Labute approximate surface area is 122 Å². The molecule has 0 radical (unpaired) electrons. The number of ketones is 1. The molecule has 5 nitrogen and oxygen atoms in total. The van der Waals surface area contributed by atoms with Crippen molar-refractivity contribution in [3.63, 3.8) is 0 Å². The fraction of sp³-hybridized carbons (Fsp3) is 0.125. The number of anilines is 2. The Hall–Kier alpha value is -2.82. The zero-order valence-corrected chi connectivity index (χ0v) is 11.6. The third-order valence-electron chi connectivity index (χ3n) is 2.91. The highest BCUT2D eigenvalue weighted by atomic mass is 16.5. The highest BCUT2D eigenvalue weighted by Crippen LogP contribution is 2.23. The first-order chi connectivity index (χ1) is 10.1. The average Bonchev–Trinajstić information content (AvgIpc) is 2.47. The van der Waals surface area contributed by atoms with Gasteiger partial charge in [-0.05, 0) is 24.3 Å². The second kappa shape index (κ2) is 6.56. The minimum absolute atomic E-state index is 0.249. The monoisotopic (exact) mass is 284 g/mol. The van der Waals surface area contributed by atoms with Gasteiger partial charge in [-0.2, -0.15) is 0 Å². The number of nitrogens with one attached hydrogen (secondary N) is 1. The standard InChI is InChI=1S/C16H16N2O3/c1-21-15-8-3-2-7-13(15)18-16(20)10-14(19)11-5-4-6-12(17)9-11/h2-9H,10,17H2,1H3,(H,18,20). The molecule has 0 aliphatic rings. The molecular formula is C16H16N2O3. The number of para-hydroxylation sites is 2. The number of Topliss-reactive ketones (excluding diaryl/α,β-unsaturated/α-hetero) is 1. The molecule has 0 aliphatic carbocycles. The van der Waals surface area contributed by atoms with Crippen LogP contribution < -0.4 is 15.8 Å². The molecular weight excluding hydrogens is 268 g/mol. The van der Waals surface area contributed by atoms with E-state index in [1.807, 2.05) is 0 Å². The van der Waals surface area contributed by atoms with Gasteiger partial charge in [-0.3, -0.25) is 9.59 Å². The van der Waals surface area contributed by atoms with Crippen molar-refractivity contribution in [1.82, 2.24) is 0 Å². The Bertz CT molecular complexity index is 668. The van der Waals surface area contributed by atoms with Crippen LogP contribution >= 0.6 is 0 Å². The Morgan fingerprint density at radius 1 is 1.14 bits per heavy atom. The molecule has 0 saturated heterocycles. The van der Waals surface area contributed by atoms with Gasteiger partial charge in [0, 0.05) is 11.3 Å². The van der Waals surface area contributed by atoms with E-state index in [0.29, 0.717) is 22.7 Å². The van der Waals surface area contributed by atoms with Gasteiger partial charge in [-0.15, -0.1) is 0 Å². The minimum Gasteiger partial charge on any atom is -0.495 e. The molecule has 3 N–H and O–H groups in total. The molecule has 1 amide bonds. The second-order valence-electron chi connectivity index (χ2n) is 4.47. The van der Waals surface area contributed by atoms with E-state index < -0.39 is 5.91 Å². The van der Waals surface area contributed by atoms with Crippen LogP contribution in [0.2, 0.25) is 0 Å². The van der Waals surface area contributed by atoms with Crippen molar-refractivity contribution in [2.24, 2.45) is 0 Å². The van der Waals surface area contributed by atoms with Gasteiger partial charge in [0.1, 0.15) is 5.75 Å². The predicted molar refractivity (Wildman–Crippen MR) is 81.4 cm³/mol. The van der Waals surface area contributed by atoms with Gasteiger partial charge in [0.05, 0.1) is 19.2 Å². The van der Waals surface area contributed by atoms with E-state index in [0.717, 1.165) is 0 Å². The van der Waals surface area contributed by atoms with E-state index in [1.165, 1.54) is 7.11 Å². The molecule has 0 aliphatic heterocycles. The smallest absolute Gasteiger partial charge is 0.232 e. The number of carbonyl (C=O) groups excluding carboxylic acids is 2. The van der Waals surface area contributed by atoms with Gasteiger partial charge in [0.25, 0.3) is 0 Å². The van der Waals surface area contributed by atoms with E-state index in [1.54, 1.807) is 48.5 Å². The zero-order chi connectivity index (χ0) is 15.2. The van der Waals surface area contributed by atoms with Gasteiger partial charge in [-0.1, -0.05) is 24.3 Å². The Morgan fingerprint density at radius 2 is 1.90 bits per heavy atom. The van der Waals surface area contributed by atoms with Gasteiger partial charge in [0.2, 0.25) is 5.91 Å². The highest BCUT2D eigenvalue weighted by molar-refractivity contribution is 6.11. The lowest BCUT2D eigenvalue weighted by Crippen LogP contribution is -2.17. The Morgan fingerprint density at radius 3 is 2.62 bits per heavy atom. The molecule has 21 heavy (non-hydrogen) atoms. The molecule has 0 bridgehead atoms. The van der Waals surface area contributed by atoms with Crippen molar-refractivity contribution in [2.45, 2.75) is 6.42 Å². The SMILES string of the molecule is COc1ccccc1NC(=O)CC(=O)c1cccc(N)c1. The zero-order valence-electron chi connectivity index (χ0n) is 11.6. The van der Waals surface area contributed by atoms with Crippen LogP contribution in [0, 0.1) is 0 Å². The van der Waals surface area contributed by atoms with Crippen molar-refractivity contribution in [3.8, 4) is 5.75 Å². The number of hydrogen-bond donors (Lipinski definition) is 2. The lowest BCUT2D eigenvalue weighted by molar-refractivity contribution is -0.115. The lowest BCUT2D eigenvalue weighted by Gasteiger charge is -2.09. The van der Waals surface area contributed by atoms with Crippen molar-refractivity contribution >= 4 is 23.1 Å². The second-order valence-corrected chi connectivity index (χ2v) is 4.47. The summed E-state index contributed by atoms with van der Waals surface area (Å²) in [6.07, 6.45) is -0.249. The summed E-state index contributed by atoms with van der Waals surface area (Å²) in [5, 5.41) is 2.66. The molecule has 0 heterocycles. The first-order valence-electron chi connectivity index (χ1n) is 6.42. The molecule has 5 heteroatoms. The molecule has 2 aromatic carbocycles. The summed E-state index contributed by atoms with van der Waals surface area (Å²) in [6, 6.07) is 13.6. The lowest BCUT2D eigenvalue weighted by atomic mass is 10.1. The Kier molecular flexibility index (Phi) is 4.56. The van der Waals surface area contributed by atoms with Crippen LogP contribution in [0.4, 0.5) is 11.4 Å². The Balaban J connectivity index is 2.03. The van der Waals surface area contributed by atoms with Crippen LogP contribution in [0.1, 0.15) is 16.8 Å². The van der Waals surface area contributed by atoms with Gasteiger partial charge < -0.3 is 15.8 Å². The third kappa shape index (κ3) is 3.82. The number of amides is 1. The van der Waals surface area contributed by atoms with Gasteiger partial charge >= 0.3 is 0 Å². The maximum Gasteiger partial charge on any atom is 0.232 e. The summed E-state index contributed by atoms with van der Waals surface area (Å²) in [5.41, 5.74) is 7.07. The molecule has 0 fully saturated rings. The largest absolute Gasteiger partial charge is 0.495 e. The van der Waals surface area contributed by atoms with Crippen molar-refractivity contribution in [1.29, 1.82) is 0 Å². The number of nitrogens with two attached hydrogens (primary N) is 1. The molecule has 0 atom stereocenters. The molecule has 0 saturated carbocycles. The van der Waals surface area contributed by atoms with Crippen molar-refractivity contribution in [3.05, 3.63) is 54.1 Å². The number of carbonyl (C=O) groups is 2. The first kappa shape index (κ1) is 14.6. The summed E-state index contributed by atoms with van der Waals surface area (Å²) in [5.74, 6) is -0.135. The van der Waals surface area contributed by atoms with Gasteiger partial charge in [-0.25, -0.2) is 0 Å². The number of methoxy groups -OCH3 is 1. The third-order valence-corrected chi connectivity index (χ3v) is 2.91.